The third-order valence-corrected chi connectivity index (χ3v) is 3.96. The SMILES string of the molecule is C=[C-]c1sc(C=C)c(C)c1Br.[Y]. The van der Waals surface area contributed by atoms with Gasteiger partial charge < -0.3 is 0 Å². The normalized spacial score (nSPS) is 8.83. The van der Waals surface area contributed by atoms with Gasteiger partial charge in [-0.2, -0.15) is 33.8 Å². The molecule has 0 saturated carbocycles. The van der Waals surface area contributed by atoms with Gasteiger partial charge in [-0.05, 0) is 0 Å². The minimum atomic E-state index is 0. The fourth-order valence-electron chi connectivity index (χ4n) is 0.818. The number of rotatable bonds is 2. The minimum Gasteiger partial charge on any atom is -0.239 e. The van der Waals surface area contributed by atoms with Gasteiger partial charge in [-0.25, -0.2) is 6.08 Å². The average molecular weight is 317 g/mol. The number of hydrogen-bond donors (Lipinski definition) is 0. The molecule has 0 amide bonds. The molecule has 0 aliphatic heterocycles. The van der Waals surface area contributed by atoms with E-state index in [1.165, 1.54) is 10.4 Å². The van der Waals surface area contributed by atoms with E-state index in [2.05, 4.69) is 42.1 Å². The summed E-state index contributed by atoms with van der Waals surface area (Å²) in [5, 5.41) is 0. The molecular formula is C9H8BrSY-. The Morgan fingerprint density at radius 2 is 2.17 bits per heavy atom. The molecule has 0 nitrogen and oxygen atoms in total. The molecule has 0 aliphatic rings. The second-order valence-corrected chi connectivity index (χ2v) is 3.96. The standard InChI is InChI=1S/C9H8BrS.Y/c1-4-7-6(3)9(10)8(5-2)11-7;/h4H,1-2H2,3H3;/q-1;. The molecular weight excluding hydrogens is 309 g/mol. The largest absolute Gasteiger partial charge is 0.239 e. The molecule has 1 aromatic rings. The Kier molecular flexibility index (Phi) is 5.83. The van der Waals surface area contributed by atoms with E-state index in [1.807, 2.05) is 6.08 Å². The average Bonchev–Trinajstić information content (AvgIpc) is 2.30. The van der Waals surface area contributed by atoms with Crippen molar-refractivity contribution in [2.24, 2.45) is 0 Å². The second-order valence-electron chi connectivity index (χ2n) is 2.12. The summed E-state index contributed by atoms with van der Waals surface area (Å²) in [7, 11) is 0. The monoisotopic (exact) mass is 316 g/mol. The van der Waals surface area contributed by atoms with Crippen LogP contribution in [-0.2, 0) is 32.7 Å². The van der Waals surface area contributed by atoms with Crippen LogP contribution < -0.4 is 0 Å². The molecule has 1 aromatic heterocycles. The number of halogens is 1. The van der Waals surface area contributed by atoms with Gasteiger partial charge in [0.25, 0.3) is 0 Å². The molecule has 12 heavy (non-hydrogen) atoms. The van der Waals surface area contributed by atoms with E-state index in [0.717, 1.165) is 9.35 Å². The van der Waals surface area contributed by atoms with Crippen LogP contribution in [0.1, 0.15) is 15.3 Å². The summed E-state index contributed by atoms with van der Waals surface area (Å²) in [6.07, 6.45) is 4.72. The van der Waals surface area contributed by atoms with Crippen molar-refractivity contribution in [3.05, 3.63) is 39.0 Å². The zero-order valence-electron chi connectivity index (χ0n) is 6.86. The Labute approximate surface area is 111 Å². The summed E-state index contributed by atoms with van der Waals surface area (Å²) in [5.41, 5.74) is 1.22. The third kappa shape index (κ3) is 2.38. The van der Waals surface area contributed by atoms with E-state index in [0.29, 0.717) is 0 Å². The van der Waals surface area contributed by atoms with Gasteiger partial charge in [0, 0.05) is 37.6 Å². The predicted molar refractivity (Wildman–Crippen MR) is 54.8 cm³/mol. The van der Waals surface area contributed by atoms with E-state index in [9.17, 15) is 0 Å². The Balaban J connectivity index is 0.00000121. The van der Waals surface area contributed by atoms with E-state index in [-0.39, 0.29) is 32.7 Å². The Bertz CT molecular complexity index is 273. The molecule has 1 heterocycles. The van der Waals surface area contributed by atoms with Crippen LogP contribution in [-0.4, -0.2) is 0 Å². The van der Waals surface area contributed by atoms with Crippen molar-refractivity contribution in [1.29, 1.82) is 0 Å². The quantitative estimate of drug-likeness (QED) is 0.728. The Morgan fingerprint density at radius 3 is 2.42 bits per heavy atom. The molecule has 0 N–H and O–H groups in total. The molecule has 0 atom stereocenters. The molecule has 0 bridgehead atoms. The zero-order chi connectivity index (χ0) is 8.43. The Hall–Kier alpha value is 0.764. The molecule has 0 spiro atoms. The van der Waals surface area contributed by atoms with Crippen LogP contribution in [0.4, 0.5) is 0 Å². The summed E-state index contributed by atoms with van der Waals surface area (Å²) in [6.45, 7) is 9.38. The van der Waals surface area contributed by atoms with Gasteiger partial charge >= 0.3 is 0 Å². The van der Waals surface area contributed by atoms with Crippen molar-refractivity contribution in [1.82, 2.24) is 0 Å². The summed E-state index contributed by atoms with van der Waals surface area (Å²) in [5.74, 6) is 0. The third-order valence-electron chi connectivity index (χ3n) is 1.46. The van der Waals surface area contributed by atoms with Gasteiger partial charge in [0.15, 0.2) is 0 Å². The fourth-order valence-corrected chi connectivity index (χ4v) is 2.42. The van der Waals surface area contributed by atoms with Crippen LogP contribution in [0.3, 0.4) is 0 Å². The number of hydrogen-bond acceptors (Lipinski definition) is 1. The molecule has 61 valence electrons. The molecule has 0 unspecified atom stereocenters. The molecule has 1 radical (unpaired) electrons. The van der Waals surface area contributed by atoms with Crippen LogP contribution >= 0.6 is 27.3 Å². The van der Waals surface area contributed by atoms with Crippen molar-refractivity contribution in [3.8, 4) is 0 Å². The van der Waals surface area contributed by atoms with Crippen molar-refractivity contribution in [2.45, 2.75) is 6.92 Å². The topological polar surface area (TPSA) is 0 Å². The van der Waals surface area contributed by atoms with Crippen LogP contribution in [0.5, 0.6) is 0 Å². The van der Waals surface area contributed by atoms with Crippen LogP contribution in [0.25, 0.3) is 6.08 Å². The van der Waals surface area contributed by atoms with Gasteiger partial charge in [0.05, 0.1) is 0 Å². The first kappa shape index (κ1) is 12.8. The smallest absolute Gasteiger partial charge is 0.0102 e. The maximum absolute atomic E-state index is 3.72. The van der Waals surface area contributed by atoms with Crippen molar-refractivity contribution in [2.75, 3.05) is 0 Å². The second kappa shape index (κ2) is 5.48. The summed E-state index contributed by atoms with van der Waals surface area (Å²) in [4.78, 5) is 2.24. The maximum atomic E-state index is 3.72. The summed E-state index contributed by atoms with van der Waals surface area (Å²) >= 11 is 5.11. The first-order valence-electron chi connectivity index (χ1n) is 3.15. The summed E-state index contributed by atoms with van der Waals surface area (Å²) in [6, 6.07) is 0. The Morgan fingerprint density at radius 1 is 1.58 bits per heavy atom. The van der Waals surface area contributed by atoms with Gasteiger partial charge in [0.2, 0.25) is 0 Å². The van der Waals surface area contributed by atoms with Gasteiger partial charge in [-0.15, -0.1) is 14.9 Å². The van der Waals surface area contributed by atoms with E-state index in [1.54, 1.807) is 11.3 Å². The van der Waals surface area contributed by atoms with Crippen molar-refractivity contribution >= 4 is 33.3 Å². The van der Waals surface area contributed by atoms with Gasteiger partial charge in [-0.3, -0.25) is 0 Å². The molecule has 0 aliphatic carbocycles. The first-order valence-corrected chi connectivity index (χ1v) is 4.76. The fraction of sp³-hybridized carbons (Fsp3) is 0.111. The molecule has 0 saturated heterocycles. The van der Waals surface area contributed by atoms with E-state index < -0.39 is 0 Å². The molecule has 0 fully saturated rings. The molecule has 1 rings (SSSR count). The molecule has 3 heteroatoms. The van der Waals surface area contributed by atoms with Crippen molar-refractivity contribution < 1.29 is 32.7 Å². The summed E-state index contributed by atoms with van der Waals surface area (Å²) < 4.78 is 1.09. The van der Waals surface area contributed by atoms with E-state index >= 15 is 0 Å². The van der Waals surface area contributed by atoms with E-state index in [4.69, 9.17) is 0 Å². The van der Waals surface area contributed by atoms with Gasteiger partial charge in [0.1, 0.15) is 0 Å². The minimum absolute atomic E-state index is 0. The maximum Gasteiger partial charge on any atom is 0.0102 e. The van der Waals surface area contributed by atoms with Crippen LogP contribution in [0.15, 0.2) is 17.6 Å². The molecule has 0 aromatic carbocycles. The van der Waals surface area contributed by atoms with Crippen LogP contribution in [0.2, 0.25) is 0 Å². The van der Waals surface area contributed by atoms with Gasteiger partial charge in [-0.1, -0.05) is 19.6 Å². The number of thiophene rings is 1. The predicted octanol–water partition coefficient (Wildman–Crippen LogP) is 3.80. The van der Waals surface area contributed by atoms with Crippen molar-refractivity contribution in [3.63, 3.8) is 0 Å². The zero-order valence-corrected chi connectivity index (χ0v) is 12.1. The van der Waals surface area contributed by atoms with Crippen LogP contribution in [0, 0.1) is 13.0 Å². The first-order chi connectivity index (χ1) is 5.20.